The quantitative estimate of drug-likeness (QED) is 0.511. The van der Waals surface area contributed by atoms with Gasteiger partial charge in [0.25, 0.3) is 0 Å². The molecular weight excluding hydrogens is 120 g/mol. The van der Waals surface area contributed by atoms with Gasteiger partial charge in [0.05, 0.1) is 0 Å². The summed E-state index contributed by atoms with van der Waals surface area (Å²) >= 11 is 0. The molecule has 0 saturated carbocycles. The van der Waals surface area contributed by atoms with Gasteiger partial charge in [0.2, 0.25) is 0 Å². The molecule has 0 radical (unpaired) electrons. The van der Waals surface area contributed by atoms with E-state index in [-0.39, 0.29) is 0 Å². The second-order valence-corrected chi connectivity index (χ2v) is 2.98. The third-order valence-corrected chi connectivity index (χ3v) is 2.49. The molecule has 10 heavy (non-hydrogen) atoms. The Morgan fingerprint density at radius 3 is 1.90 bits per heavy atom. The SMILES string of the molecule is CCC1(CC)C=CCC=C1. The van der Waals surface area contributed by atoms with Crippen LogP contribution in [0.25, 0.3) is 0 Å². The van der Waals surface area contributed by atoms with E-state index in [0.29, 0.717) is 5.41 Å². The monoisotopic (exact) mass is 136 g/mol. The van der Waals surface area contributed by atoms with Gasteiger partial charge in [-0.05, 0) is 19.3 Å². The third-order valence-electron chi connectivity index (χ3n) is 2.49. The Morgan fingerprint density at radius 2 is 1.60 bits per heavy atom. The molecule has 0 heteroatoms. The van der Waals surface area contributed by atoms with Gasteiger partial charge in [-0.1, -0.05) is 38.2 Å². The van der Waals surface area contributed by atoms with Crippen molar-refractivity contribution in [3.8, 4) is 0 Å². The average Bonchev–Trinajstić information content (AvgIpc) is 2.06. The lowest BCUT2D eigenvalue weighted by molar-refractivity contribution is 0.450. The molecule has 0 bridgehead atoms. The van der Waals surface area contributed by atoms with Gasteiger partial charge in [-0.2, -0.15) is 0 Å². The van der Waals surface area contributed by atoms with Crippen LogP contribution in [0, 0.1) is 5.41 Å². The molecule has 0 amide bonds. The van der Waals surface area contributed by atoms with Crippen LogP contribution in [-0.2, 0) is 0 Å². The first-order valence-corrected chi connectivity index (χ1v) is 4.18. The number of rotatable bonds is 2. The van der Waals surface area contributed by atoms with E-state index < -0.39 is 0 Å². The minimum Gasteiger partial charge on any atom is -0.0839 e. The summed E-state index contributed by atoms with van der Waals surface area (Å²) in [5.41, 5.74) is 0.401. The van der Waals surface area contributed by atoms with Gasteiger partial charge in [0.1, 0.15) is 0 Å². The molecule has 0 nitrogen and oxygen atoms in total. The van der Waals surface area contributed by atoms with E-state index >= 15 is 0 Å². The van der Waals surface area contributed by atoms with Crippen LogP contribution in [0.1, 0.15) is 33.1 Å². The summed E-state index contributed by atoms with van der Waals surface area (Å²) in [4.78, 5) is 0. The molecule has 0 spiro atoms. The van der Waals surface area contributed by atoms with E-state index in [1.165, 1.54) is 12.8 Å². The Morgan fingerprint density at radius 1 is 1.10 bits per heavy atom. The average molecular weight is 136 g/mol. The lowest BCUT2D eigenvalue weighted by atomic mass is 9.79. The first-order valence-electron chi connectivity index (χ1n) is 4.18. The van der Waals surface area contributed by atoms with Crippen molar-refractivity contribution in [2.45, 2.75) is 33.1 Å². The molecule has 0 heterocycles. The van der Waals surface area contributed by atoms with E-state index in [1.54, 1.807) is 0 Å². The van der Waals surface area contributed by atoms with Crippen molar-refractivity contribution in [2.75, 3.05) is 0 Å². The Balaban J connectivity index is 2.71. The van der Waals surface area contributed by atoms with Crippen molar-refractivity contribution in [1.82, 2.24) is 0 Å². The van der Waals surface area contributed by atoms with Crippen LogP contribution >= 0.6 is 0 Å². The fraction of sp³-hybridized carbons (Fsp3) is 0.600. The molecule has 0 aromatic rings. The summed E-state index contributed by atoms with van der Waals surface area (Å²) in [6.45, 7) is 4.51. The van der Waals surface area contributed by atoms with E-state index in [4.69, 9.17) is 0 Å². The molecule has 56 valence electrons. The van der Waals surface area contributed by atoms with Crippen LogP contribution in [0.2, 0.25) is 0 Å². The van der Waals surface area contributed by atoms with Crippen LogP contribution in [0.3, 0.4) is 0 Å². The molecular formula is C10H16. The molecule has 0 unspecified atom stereocenters. The van der Waals surface area contributed by atoms with Gasteiger partial charge in [-0.25, -0.2) is 0 Å². The maximum absolute atomic E-state index is 2.35. The molecule has 0 N–H and O–H groups in total. The third kappa shape index (κ3) is 1.31. The number of hydrogen-bond donors (Lipinski definition) is 0. The predicted molar refractivity (Wildman–Crippen MR) is 45.9 cm³/mol. The molecule has 0 aromatic heterocycles. The maximum Gasteiger partial charge on any atom is 0.00559 e. The smallest absolute Gasteiger partial charge is 0.00559 e. The van der Waals surface area contributed by atoms with Crippen molar-refractivity contribution in [1.29, 1.82) is 0 Å². The van der Waals surface area contributed by atoms with Crippen LogP contribution in [0.4, 0.5) is 0 Å². The summed E-state index contributed by atoms with van der Waals surface area (Å²) in [6, 6.07) is 0. The second kappa shape index (κ2) is 3.05. The minimum atomic E-state index is 0.401. The van der Waals surface area contributed by atoms with Crippen LogP contribution < -0.4 is 0 Å². The van der Waals surface area contributed by atoms with Crippen LogP contribution in [0.5, 0.6) is 0 Å². The summed E-state index contributed by atoms with van der Waals surface area (Å²) in [7, 11) is 0. The van der Waals surface area contributed by atoms with Crippen molar-refractivity contribution in [2.24, 2.45) is 5.41 Å². The lowest BCUT2D eigenvalue weighted by Crippen LogP contribution is -2.13. The number of hydrogen-bond acceptors (Lipinski definition) is 0. The van der Waals surface area contributed by atoms with Crippen molar-refractivity contribution in [3.05, 3.63) is 24.3 Å². The van der Waals surface area contributed by atoms with Crippen molar-refractivity contribution in [3.63, 3.8) is 0 Å². The van der Waals surface area contributed by atoms with Crippen LogP contribution in [-0.4, -0.2) is 0 Å². The topological polar surface area (TPSA) is 0 Å². The fourth-order valence-electron chi connectivity index (χ4n) is 1.46. The highest BCUT2D eigenvalue weighted by molar-refractivity contribution is 5.16. The predicted octanol–water partition coefficient (Wildman–Crippen LogP) is 3.31. The highest BCUT2D eigenvalue weighted by atomic mass is 14.2. The van der Waals surface area contributed by atoms with E-state index in [2.05, 4.69) is 38.2 Å². The highest BCUT2D eigenvalue weighted by Gasteiger charge is 2.19. The Kier molecular flexibility index (Phi) is 2.31. The Hall–Kier alpha value is -0.520. The number of allylic oxidation sites excluding steroid dienone is 4. The standard InChI is InChI=1S/C10H16/c1-3-10(4-2)8-6-5-7-9-10/h6-9H,3-5H2,1-2H3. The molecule has 0 fully saturated rings. The zero-order chi connectivity index (χ0) is 7.45. The van der Waals surface area contributed by atoms with E-state index in [0.717, 1.165) is 6.42 Å². The molecule has 1 aliphatic carbocycles. The maximum atomic E-state index is 2.35. The van der Waals surface area contributed by atoms with Gasteiger partial charge in [-0.3, -0.25) is 0 Å². The minimum absolute atomic E-state index is 0.401. The highest BCUT2D eigenvalue weighted by Crippen LogP contribution is 2.32. The van der Waals surface area contributed by atoms with E-state index in [9.17, 15) is 0 Å². The summed E-state index contributed by atoms with van der Waals surface area (Å²) < 4.78 is 0. The molecule has 0 aromatic carbocycles. The fourth-order valence-corrected chi connectivity index (χ4v) is 1.46. The lowest BCUT2D eigenvalue weighted by Gasteiger charge is -2.25. The normalized spacial score (nSPS) is 21.4. The summed E-state index contributed by atoms with van der Waals surface area (Å²) in [6.07, 6.45) is 12.8. The van der Waals surface area contributed by atoms with Gasteiger partial charge in [0, 0.05) is 5.41 Å². The van der Waals surface area contributed by atoms with Crippen molar-refractivity contribution < 1.29 is 0 Å². The van der Waals surface area contributed by atoms with Crippen molar-refractivity contribution >= 4 is 0 Å². The van der Waals surface area contributed by atoms with E-state index in [1.807, 2.05) is 0 Å². The van der Waals surface area contributed by atoms with Gasteiger partial charge in [-0.15, -0.1) is 0 Å². The second-order valence-electron chi connectivity index (χ2n) is 2.98. The molecule has 1 rings (SSSR count). The summed E-state index contributed by atoms with van der Waals surface area (Å²) in [5, 5.41) is 0. The molecule has 0 saturated heterocycles. The first-order chi connectivity index (χ1) is 4.83. The Labute approximate surface area is 63.6 Å². The first kappa shape index (κ1) is 7.59. The molecule has 0 aliphatic heterocycles. The van der Waals surface area contributed by atoms with Crippen LogP contribution in [0.15, 0.2) is 24.3 Å². The Bertz CT molecular complexity index is 133. The summed E-state index contributed by atoms with van der Waals surface area (Å²) in [5.74, 6) is 0. The van der Waals surface area contributed by atoms with Gasteiger partial charge < -0.3 is 0 Å². The molecule has 1 aliphatic rings. The largest absolute Gasteiger partial charge is 0.0839 e. The zero-order valence-electron chi connectivity index (χ0n) is 6.93. The van der Waals surface area contributed by atoms with Gasteiger partial charge in [0.15, 0.2) is 0 Å². The van der Waals surface area contributed by atoms with Gasteiger partial charge >= 0.3 is 0 Å². The zero-order valence-corrected chi connectivity index (χ0v) is 6.93. The molecule has 0 atom stereocenters.